The fourth-order valence-corrected chi connectivity index (χ4v) is 2.81. The van der Waals surface area contributed by atoms with E-state index in [1.165, 1.54) is 22.4 Å². The van der Waals surface area contributed by atoms with Gasteiger partial charge >= 0.3 is 6.18 Å². The van der Waals surface area contributed by atoms with Gasteiger partial charge in [-0.25, -0.2) is 4.98 Å². The molecule has 0 bridgehead atoms. The monoisotopic (exact) mass is 344 g/mol. The summed E-state index contributed by atoms with van der Waals surface area (Å²) in [6, 6.07) is 4.83. The summed E-state index contributed by atoms with van der Waals surface area (Å²) in [5, 5.41) is 10.8. The van der Waals surface area contributed by atoms with Crippen LogP contribution in [0.2, 0.25) is 0 Å². The van der Waals surface area contributed by atoms with E-state index in [2.05, 4.69) is 4.98 Å². The number of rotatable bonds is 5. The number of benzene rings is 1. The Balaban J connectivity index is 2.27. The third-order valence-electron chi connectivity index (χ3n) is 3.20. The van der Waals surface area contributed by atoms with Crippen molar-refractivity contribution in [3.8, 4) is 10.6 Å². The molecule has 4 nitrogen and oxygen atoms in total. The van der Waals surface area contributed by atoms with Gasteiger partial charge < -0.3 is 10.0 Å². The topological polar surface area (TPSA) is 53.4 Å². The van der Waals surface area contributed by atoms with E-state index in [-0.39, 0.29) is 24.8 Å². The molecule has 2 rings (SSSR count). The lowest BCUT2D eigenvalue weighted by Gasteiger charge is -2.18. The van der Waals surface area contributed by atoms with Gasteiger partial charge in [-0.05, 0) is 19.1 Å². The molecule has 124 valence electrons. The highest BCUT2D eigenvalue weighted by Gasteiger charge is 2.30. The molecule has 8 heteroatoms. The summed E-state index contributed by atoms with van der Waals surface area (Å²) in [5.74, 6) is -0.351. The normalized spacial score (nSPS) is 11.5. The van der Waals surface area contributed by atoms with Crippen molar-refractivity contribution in [1.29, 1.82) is 0 Å². The quantitative estimate of drug-likeness (QED) is 0.906. The van der Waals surface area contributed by atoms with Crippen molar-refractivity contribution in [1.82, 2.24) is 9.88 Å². The molecule has 0 radical (unpaired) electrons. The number of amides is 1. The van der Waals surface area contributed by atoms with Crippen LogP contribution in [-0.4, -0.2) is 40.6 Å². The Labute approximate surface area is 135 Å². The average molecular weight is 344 g/mol. The fraction of sp³-hybridized carbons (Fsp3) is 0.333. The lowest BCUT2D eigenvalue weighted by Crippen LogP contribution is -2.33. The van der Waals surface area contributed by atoms with E-state index >= 15 is 0 Å². The number of hydrogen-bond acceptors (Lipinski definition) is 4. The molecule has 0 unspecified atom stereocenters. The smallest absolute Gasteiger partial charge is 0.395 e. The third-order valence-corrected chi connectivity index (χ3v) is 4.09. The highest BCUT2D eigenvalue weighted by molar-refractivity contribution is 7.13. The minimum Gasteiger partial charge on any atom is -0.395 e. The number of nitrogens with zero attached hydrogens (tertiary/aromatic N) is 2. The summed E-state index contributed by atoms with van der Waals surface area (Å²) < 4.78 is 38.3. The number of halogens is 3. The molecule has 1 amide bonds. The largest absolute Gasteiger partial charge is 0.416 e. The molecule has 1 aromatic heterocycles. The van der Waals surface area contributed by atoms with E-state index in [9.17, 15) is 18.0 Å². The van der Waals surface area contributed by atoms with Crippen molar-refractivity contribution in [2.24, 2.45) is 0 Å². The molecule has 0 atom stereocenters. The lowest BCUT2D eigenvalue weighted by molar-refractivity contribution is -0.137. The molecule has 0 spiro atoms. The molecule has 1 N–H and O–H groups in total. The Kier molecular flexibility index (Phi) is 5.38. The van der Waals surface area contributed by atoms with Crippen LogP contribution in [0.15, 0.2) is 29.6 Å². The Hall–Kier alpha value is -1.93. The van der Waals surface area contributed by atoms with Gasteiger partial charge in [-0.2, -0.15) is 13.2 Å². The van der Waals surface area contributed by atoms with E-state index < -0.39 is 11.7 Å². The zero-order chi connectivity index (χ0) is 17.0. The first-order valence-corrected chi connectivity index (χ1v) is 7.78. The molecule has 0 saturated carbocycles. The van der Waals surface area contributed by atoms with Gasteiger partial charge in [0.05, 0.1) is 12.2 Å². The van der Waals surface area contributed by atoms with Crippen molar-refractivity contribution >= 4 is 17.2 Å². The fourth-order valence-electron chi connectivity index (χ4n) is 2.02. The summed E-state index contributed by atoms with van der Waals surface area (Å²) in [6.45, 7) is 2.21. The third kappa shape index (κ3) is 4.08. The summed E-state index contributed by atoms with van der Waals surface area (Å²) in [7, 11) is 0. The first-order valence-electron chi connectivity index (χ1n) is 6.90. The lowest BCUT2D eigenvalue weighted by atomic mass is 10.1. The summed E-state index contributed by atoms with van der Waals surface area (Å²) in [6.07, 6.45) is -4.42. The van der Waals surface area contributed by atoms with Crippen LogP contribution in [0.25, 0.3) is 10.6 Å². The molecule has 0 saturated heterocycles. The van der Waals surface area contributed by atoms with Crippen molar-refractivity contribution in [2.75, 3.05) is 19.7 Å². The summed E-state index contributed by atoms with van der Waals surface area (Å²) in [5.41, 5.74) is -0.277. The number of likely N-dealkylation sites (N-methyl/N-ethyl adjacent to an activating group) is 1. The number of carbonyl (C=O) groups is 1. The van der Waals surface area contributed by atoms with E-state index in [0.29, 0.717) is 17.1 Å². The number of aromatic nitrogens is 1. The number of thiazole rings is 1. The second-order valence-electron chi connectivity index (χ2n) is 4.72. The van der Waals surface area contributed by atoms with Crippen LogP contribution < -0.4 is 0 Å². The Morgan fingerprint density at radius 3 is 2.74 bits per heavy atom. The van der Waals surface area contributed by atoms with Gasteiger partial charge in [-0.3, -0.25) is 4.79 Å². The van der Waals surface area contributed by atoms with Crippen molar-refractivity contribution < 1.29 is 23.1 Å². The van der Waals surface area contributed by atoms with Crippen LogP contribution in [0.5, 0.6) is 0 Å². The summed E-state index contributed by atoms with van der Waals surface area (Å²) in [4.78, 5) is 17.8. The van der Waals surface area contributed by atoms with Crippen molar-refractivity contribution in [2.45, 2.75) is 13.1 Å². The number of alkyl halides is 3. The first-order chi connectivity index (χ1) is 10.9. The Bertz CT molecular complexity index is 685. The van der Waals surface area contributed by atoms with Gasteiger partial charge in [-0.1, -0.05) is 12.1 Å². The maximum absolute atomic E-state index is 12.8. The zero-order valence-electron chi connectivity index (χ0n) is 12.3. The number of aliphatic hydroxyl groups is 1. The molecular weight excluding hydrogens is 329 g/mol. The van der Waals surface area contributed by atoms with Crippen LogP contribution in [0, 0.1) is 0 Å². The van der Waals surface area contributed by atoms with Crippen LogP contribution in [0.3, 0.4) is 0 Å². The van der Waals surface area contributed by atoms with Crippen LogP contribution in [0.1, 0.15) is 23.0 Å². The molecule has 23 heavy (non-hydrogen) atoms. The van der Waals surface area contributed by atoms with Gasteiger partial charge in [0, 0.05) is 24.0 Å². The first kappa shape index (κ1) is 17.4. The summed E-state index contributed by atoms with van der Waals surface area (Å²) >= 11 is 1.11. The Morgan fingerprint density at radius 1 is 1.39 bits per heavy atom. The van der Waals surface area contributed by atoms with E-state index in [1.54, 1.807) is 6.92 Å². The second kappa shape index (κ2) is 7.10. The second-order valence-corrected chi connectivity index (χ2v) is 5.58. The maximum Gasteiger partial charge on any atom is 0.416 e. The average Bonchev–Trinajstić information content (AvgIpc) is 3.01. The minimum atomic E-state index is -4.42. The minimum absolute atomic E-state index is 0.162. The van der Waals surface area contributed by atoms with Gasteiger partial charge in [0.1, 0.15) is 10.7 Å². The van der Waals surface area contributed by atoms with Gasteiger partial charge in [0.25, 0.3) is 5.91 Å². The number of carbonyl (C=O) groups excluding carboxylic acids is 1. The number of aliphatic hydroxyl groups excluding tert-OH is 1. The highest BCUT2D eigenvalue weighted by atomic mass is 32.1. The van der Waals surface area contributed by atoms with E-state index in [0.717, 1.165) is 23.5 Å². The molecule has 1 aromatic carbocycles. The Morgan fingerprint density at radius 2 is 2.13 bits per heavy atom. The van der Waals surface area contributed by atoms with Crippen LogP contribution in [-0.2, 0) is 6.18 Å². The molecule has 2 aromatic rings. The molecule has 0 aliphatic carbocycles. The standard InChI is InChI=1S/C15H15F3N2O2S/c1-2-20(6-7-21)14(22)12-9-23-13(19-12)10-4-3-5-11(8-10)15(16,17)18/h3-5,8-9,21H,2,6-7H2,1H3. The van der Waals surface area contributed by atoms with Crippen molar-refractivity contribution in [3.63, 3.8) is 0 Å². The number of hydrogen-bond donors (Lipinski definition) is 1. The predicted molar refractivity (Wildman–Crippen MR) is 81.2 cm³/mol. The molecule has 0 aliphatic rings. The van der Waals surface area contributed by atoms with Gasteiger partial charge in [0.2, 0.25) is 0 Å². The zero-order valence-corrected chi connectivity index (χ0v) is 13.1. The van der Waals surface area contributed by atoms with Gasteiger partial charge in [-0.15, -0.1) is 11.3 Å². The van der Waals surface area contributed by atoms with E-state index in [4.69, 9.17) is 5.11 Å². The van der Waals surface area contributed by atoms with Crippen molar-refractivity contribution in [3.05, 3.63) is 40.9 Å². The molecular formula is C15H15F3N2O2S. The maximum atomic E-state index is 12.8. The molecule has 0 fully saturated rings. The SMILES string of the molecule is CCN(CCO)C(=O)c1csc(-c2cccc(C(F)(F)F)c2)n1. The molecule has 0 aliphatic heterocycles. The molecule has 1 heterocycles. The van der Waals surface area contributed by atoms with Gasteiger partial charge in [0.15, 0.2) is 0 Å². The van der Waals surface area contributed by atoms with Crippen LogP contribution in [0.4, 0.5) is 13.2 Å². The van der Waals surface area contributed by atoms with Crippen LogP contribution >= 0.6 is 11.3 Å². The predicted octanol–water partition coefficient (Wildman–Crippen LogP) is 3.28. The van der Waals surface area contributed by atoms with E-state index in [1.807, 2.05) is 0 Å². The highest BCUT2D eigenvalue weighted by Crippen LogP contribution is 2.33.